The molecule has 0 N–H and O–H groups in total. The van der Waals surface area contributed by atoms with E-state index in [-0.39, 0.29) is 12.0 Å². The molecule has 2 rings (SSSR count). The summed E-state index contributed by atoms with van der Waals surface area (Å²) in [5.74, 6) is 0.733. The number of ether oxygens (including phenoxy) is 2. The van der Waals surface area contributed by atoms with Gasteiger partial charge in [0.2, 0.25) is 0 Å². The van der Waals surface area contributed by atoms with Gasteiger partial charge in [0.05, 0.1) is 25.4 Å². The van der Waals surface area contributed by atoms with Crippen molar-refractivity contribution in [2.24, 2.45) is 0 Å². The lowest BCUT2D eigenvalue weighted by Crippen LogP contribution is -2.41. The van der Waals surface area contributed by atoms with Crippen LogP contribution >= 0.6 is 31.9 Å². The molecule has 0 aromatic heterocycles. The number of carbonyl (C=O) groups is 1. The van der Waals surface area contributed by atoms with E-state index in [0.29, 0.717) is 11.3 Å². The van der Waals surface area contributed by atoms with Crippen LogP contribution in [0.1, 0.15) is 23.2 Å². The molecule has 1 saturated heterocycles. The summed E-state index contributed by atoms with van der Waals surface area (Å²) in [5.41, 5.74) is 0.647. The number of carbonyl (C=O) groups excluding carboxylic acids is 1. The first-order chi connectivity index (χ1) is 10.2. The van der Waals surface area contributed by atoms with Crippen LogP contribution in [-0.4, -0.2) is 49.0 Å². The Hall–Kier alpha value is -0.590. The molecule has 0 atom stereocenters. The summed E-state index contributed by atoms with van der Waals surface area (Å²) in [5, 5.41) is 0.850. The van der Waals surface area contributed by atoms with Crippen molar-refractivity contribution >= 4 is 37.8 Å². The van der Waals surface area contributed by atoms with Gasteiger partial charge < -0.3 is 14.4 Å². The standard InChI is InChI=1S/C15H19Br2NO3/c1-20-12-2-3-14(17)13(10-12)15(19)18-7-4-11(5-8-18)21-9-6-16/h2-3,10-11H,4-9H2,1H3. The Bertz CT molecular complexity index is 488. The van der Waals surface area contributed by atoms with Gasteiger partial charge in [-0.3, -0.25) is 4.79 Å². The van der Waals surface area contributed by atoms with Crippen molar-refractivity contribution in [2.75, 3.05) is 32.1 Å². The molecule has 21 heavy (non-hydrogen) atoms. The largest absolute Gasteiger partial charge is 0.497 e. The number of methoxy groups -OCH3 is 1. The molecular weight excluding hydrogens is 402 g/mol. The number of amides is 1. The van der Waals surface area contributed by atoms with Crippen LogP contribution in [0.5, 0.6) is 5.75 Å². The molecular formula is C15H19Br2NO3. The number of piperidine rings is 1. The fourth-order valence-electron chi connectivity index (χ4n) is 2.40. The van der Waals surface area contributed by atoms with E-state index in [2.05, 4.69) is 31.9 Å². The highest BCUT2D eigenvalue weighted by molar-refractivity contribution is 9.10. The van der Waals surface area contributed by atoms with Crippen LogP contribution in [0, 0.1) is 0 Å². The smallest absolute Gasteiger partial charge is 0.255 e. The summed E-state index contributed by atoms with van der Waals surface area (Å²) in [4.78, 5) is 14.5. The van der Waals surface area contributed by atoms with Gasteiger partial charge in [-0.25, -0.2) is 0 Å². The summed E-state index contributed by atoms with van der Waals surface area (Å²) in [6, 6.07) is 5.46. The number of rotatable bonds is 5. The van der Waals surface area contributed by atoms with Crippen molar-refractivity contribution in [3.8, 4) is 5.75 Å². The second-order valence-corrected chi connectivity index (χ2v) is 6.54. The number of nitrogens with zero attached hydrogens (tertiary/aromatic N) is 1. The monoisotopic (exact) mass is 419 g/mol. The van der Waals surface area contributed by atoms with Crippen molar-refractivity contribution in [2.45, 2.75) is 18.9 Å². The van der Waals surface area contributed by atoms with Crippen LogP contribution in [0.15, 0.2) is 22.7 Å². The lowest BCUT2D eigenvalue weighted by Gasteiger charge is -2.32. The fourth-order valence-corrected chi connectivity index (χ4v) is 3.01. The van der Waals surface area contributed by atoms with Crippen molar-refractivity contribution in [1.29, 1.82) is 0 Å². The molecule has 0 radical (unpaired) electrons. The highest BCUT2D eigenvalue weighted by Crippen LogP contribution is 2.25. The average molecular weight is 421 g/mol. The first-order valence-corrected chi connectivity index (χ1v) is 8.87. The van der Waals surface area contributed by atoms with E-state index >= 15 is 0 Å². The third-order valence-corrected chi connectivity index (χ3v) is 4.58. The minimum Gasteiger partial charge on any atom is -0.497 e. The third-order valence-electron chi connectivity index (χ3n) is 3.56. The van der Waals surface area contributed by atoms with E-state index in [1.54, 1.807) is 13.2 Å². The lowest BCUT2D eigenvalue weighted by molar-refractivity contribution is 0.0159. The minimum absolute atomic E-state index is 0.0414. The van der Waals surface area contributed by atoms with Crippen molar-refractivity contribution in [1.82, 2.24) is 4.90 Å². The lowest BCUT2D eigenvalue weighted by atomic mass is 10.1. The van der Waals surface area contributed by atoms with E-state index in [1.165, 1.54) is 0 Å². The molecule has 0 aliphatic carbocycles. The van der Waals surface area contributed by atoms with Crippen LogP contribution in [0.3, 0.4) is 0 Å². The van der Waals surface area contributed by atoms with Gasteiger partial charge in [0.1, 0.15) is 5.75 Å². The maximum Gasteiger partial charge on any atom is 0.255 e. The van der Waals surface area contributed by atoms with E-state index in [4.69, 9.17) is 9.47 Å². The number of benzene rings is 1. The quantitative estimate of drug-likeness (QED) is 0.684. The number of likely N-dealkylation sites (tertiary alicyclic amines) is 1. The van der Waals surface area contributed by atoms with Gasteiger partial charge in [-0.1, -0.05) is 15.9 Å². The highest BCUT2D eigenvalue weighted by Gasteiger charge is 2.25. The van der Waals surface area contributed by atoms with Crippen LogP contribution in [-0.2, 0) is 4.74 Å². The molecule has 4 nitrogen and oxygen atoms in total. The topological polar surface area (TPSA) is 38.8 Å². The number of hydrogen-bond acceptors (Lipinski definition) is 3. The molecule has 0 saturated carbocycles. The number of alkyl halides is 1. The molecule has 1 aromatic rings. The maximum atomic E-state index is 12.6. The summed E-state index contributed by atoms with van der Waals surface area (Å²) in [6.45, 7) is 2.19. The Morgan fingerprint density at radius 2 is 2.10 bits per heavy atom. The maximum absolute atomic E-state index is 12.6. The van der Waals surface area contributed by atoms with Gasteiger partial charge >= 0.3 is 0 Å². The zero-order valence-electron chi connectivity index (χ0n) is 12.0. The van der Waals surface area contributed by atoms with Crippen LogP contribution in [0.2, 0.25) is 0 Å². The average Bonchev–Trinajstić information content (AvgIpc) is 2.53. The van der Waals surface area contributed by atoms with Gasteiger partial charge in [0, 0.05) is 22.9 Å². The Kier molecular flexibility index (Phi) is 6.51. The van der Waals surface area contributed by atoms with Crippen molar-refractivity contribution < 1.29 is 14.3 Å². The highest BCUT2D eigenvalue weighted by atomic mass is 79.9. The molecule has 116 valence electrons. The molecule has 1 heterocycles. The molecule has 1 amide bonds. The van der Waals surface area contributed by atoms with Gasteiger partial charge in [-0.05, 0) is 47.0 Å². The second kappa shape index (κ2) is 8.15. The molecule has 1 aromatic carbocycles. The van der Waals surface area contributed by atoms with Gasteiger partial charge in [0.15, 0.2) is 0 Å². The van der Waals surface area contributed by atoms with Crippen LogP contribution in [0.25, 0.3) is 0 Å². The minimum atomic E-state index is 0.0414. The number of hydrogen-bond donors (Lipinski definition) is 0. The Labute approximate surface area is 142 Å². The first-order valence-electron chi connectivity index (χ1n) is 6.96. The molecule has 0 bridgehead atoms. The Morgan fingerprint density at radius 1 is 1.38 bits per heavy atom. The van der Waals surface area contributed by atoms with E-state index in [9.17, 15) is 4.79 Å². The zero-order valence-corrected chi connectivity index (χ0v) is 15.2. The van der Waals surface area contributed by atoms with Crippen molar-refractivity contribution in [3.05, 3.63) is 28.2 Å². The van der Waals surface area contributed by atoms with Gasteiger partial charge in [0.25, 0.3) is 5.91 Å². The van der Waals surface area contributed by atoms with Crippen LogP contribution in [0.4, 0.5) is 0 Å². The number of halogens is 2. The van der Waals surface area contributed by atoms with E-state index < -0.39 is 0 Å². The Morgan fingerprint density at radius 3 is 2.71 bits per heavy atom. The van der Waals surface area contributed by atoms with Gasteiger partial charge in [-0.15, -0.1) is 0 Å². The summed E-state index contributed by atoms with van der Waals surface area (Å²) in [7, 11) is 1.60. The fraction of sp³-hybridized carbons (Fsp3) is 0.533. The molecule has 1 aliphatic rings. The normalized spacial score (nSPS) is 16.0. The van der Waals surface area contributed by atoms with Crippen LogP contribution < -0.4 is 4.74 Å². The van der Waals surface area contributed by atoms with E-state index in [1.807, 2.05) is 17.0 Å². The zero-order chi connectivity index (χ0) is 15.2. The SMILES string of the molecule is COc1ccc(Br)c(C(=O)N2CCC(OCCBr)CC2)c1. The van der Waals surface area contributed by atoms with E-state index in [0.717, 1.165) is 42.3 Å². The predicted octanol–water partition coefficient (Wildman–Crippen LogP) is 3.47. The summed E-state index contributed by atoms with van der Waals surface area (Å²) < 4.78 is 11.7. The summed E-state index contributed by atoms with van der Waals surface area (Å²) >= 11 is 6.80. The molecule has 1 fully saturated rings. The summed E-state index contributed by atoms with van der Waals surface area (Å²) in [6.07, 6.45) is 2.04. The molecule has 6 heteroatoms. The molecule has 1 aliphatic heterocycles. The predicted molar refractivity (Wildman–Crippen MR) is 89.4 cm³/mol. The van der Waals surface area contributed by atoms with Gasteiger partial charge in [-0.2, -0.15) is 0 Å². The first kappa shape index (κ1) is 16.8. The third kappa shape index (κ3) is 4.44. The molecule has 0 spiro atoms. The molecule has 0 unspecified atom stereocenters. The Balaban J connectivity index is 1.98. The second-order valence-electron chi connectivity index (χ2n) is 4.90. The van der Waals surface area contributed by atoms with Crippen molar-refractivity contribution in [3.63, 3.8) is 0 Å².